The molecule has 0 amide bonds. The number of alkyl halides is 1. The van der Waals surface area contributed by atoms with E-state index >= 15 is 0 Å². The lowest BCUT2D eigenvalue weighted by Crippen LogP contribution is -2.04. The lowest BCUT2D eigenvalue weighted by molar-refractivity contribution is 0.684. The van der Waals surface area contributed by atoms with Gasteiger partial charge in [0.2, 0.25) is 0 Å². The highest BCUT2D eigenvalue weighted by Crippen LogP contribution is 2.33. The number of aryl methyl sites for hydroxylation is 3. The van der Waals surface area contributed by atoms with Crippen molar-refractivity contribution in [3.05, 3.63) is 69.2 Å². The summed E-state index contributed by atoms with van der Waals surface area (Å²) in [5.41, 5.74) is 6.35. The Morgan fingerprint density at radius 1 is 0.900 bits per heavy atom. The van der Waals surface area contributed by atoms with Gasteiger partial charge < -0.3 is 0 Å². The molecule has 0 saturated carbocycles. The Bertz CT molecular complexity index is 631. The maximum Gasteiger partial charge on any atom is 0.0835 e. The summed E-state index contributed by atoms with van der Waals surface area (Å²) in [6, 6.07) is 12.7. The van der Waals surface area contributed by atoms with Crippen molar-refractivity contribution in [1.82, 2.24) is 0 Å². The molecule has 2 aromatic rings. The molecule has 1 aliphatic carbocycles. The molecular weight excluding hydrogens is 287 g/mol. The minimum atomic E-state index is -0.0989. The fourth-order valence-corrected chi connectivity index (χ4v) is 3.32. The Labute approximate surface area is 130 Å². The smallest absolute Gasteiger partial charge is 0.0835 e. The van der Waals surface area contributed by atoms with Crippen LogP contribution in [-0.2, 0) is 12.8 Å². The molecule has 1 unspecified atom stereocenters. The highest BCUT2D eigenvalue weighted by atomic mass is 35.5. The molecule has 1 aliphatic rings. The zero-order valence-corrected chi connectivity index (χ0v) is 13.1. The third kappa shape index (κ3) is 2.73. The van der Waals surface area contributed by atoms with Crippen LogP contribution in [0, 0.1) is 6.92 Å². The molecule has 2 heteroatoms. The molecule has 2 aromatic carbocycles. The molecule has 0 bridgehead atoms. The normalized spacial score (nSPS) is 15.8. The molecule has 0 aliphatic heterocycles. The first-order chi connectivity index (χ1) is 9.65. The summed E-state index contributed by atoms with van der Waals surface area (Å²) in [6.45, 7) is 2.02. The highest BCUT2D eigenvalue weighted by Gasteiger charge is 2.15. The van der Waals surface area contributed by atoms with Crippen LogP contribution >= 0.6 is 23.2 Å². The second-order valence-corrected chi connectivity index (χ2v) is 6.45. The Morgan fingerprint density at radius 3 is 2.30 bits per heavy atom. The van der Waals surface area contributed by atoms with E-state index in [1.807, 2.05) is 19.1 Å². The first-order valence-corrected chi connectivity index (χ1v) is 7.98. The minimum Gasteiger partial charge on any atom is -0.113 e. The van der Waals surface area contributed by atoms with Crippen molar-refractivity contribution in [2.24, 2.45) is 0 Å². The molecule has 0 aromatic heterocycles. The van der Waals surface area contributed by atoms with Crippen molar-refractivity contribution < 1.29 is 0 Å². The fraction of sp³-hybridized carbons (Fsp3) is 0.333. The third-order valence-electron chi connectivity index (χ3n) is 4.14. The van der Waals surface area contributed by atoms with Crippen LogP contribution in [0.2, 0.25) is 5.02 Å². The fourth-order valence-electron chi connectivity index (χ4n) is 2.93. The van der Waals surface area contributed by atoms with Gasteiger partial charge in [0.05, 0.1) is 5.38 Å². The molecule has 20 heavy (non-hydrogen) atoms. The lowest BCUT2D eigenvalue weighted by Gasteiger charge is -2.19. The molecule has 104 valence electrons. The Kier molecular flexibility index (Phi) is 4.05. The maximum absolute atomic E-state index is 6.66. The number of benzene rings is 2. The molecule has 0 nitrogen and oxygen atoms in total. The summed E-state index contributed by atoms with van der Waals surface area (Å²) >= 11 is 12.7. The van der Waals surface area contributed by atoms with Gasteiger partial charge in [0.1, 0.15) is 0 Å². The van der Waals surface area contributed by atoms with Crippen molar-refractivity contribution in [1.29, 1.82) is 0 Å². The van der Waals surface area contributed by atoms with Crippen LogP contribution in [0.3, 0.4) is 0 Å². The van der Waals surface area contributed by atoms with E-state index in [-0.39, 0.29) is 5.38 Å². The summed E-state index contributed by atoms with van der Waals surface area (Å²) in [4.78, 5) is 0. The van der Waals surface area contributed by atoms with Crippen molar-refractivity contribution in [3.8, 4) is 0 Å². The number of hydrogen-bond donors (Lipinski definition) is 0. The highest BCUT2D eigenvalue weighted by molar-refractivity contribution is 6.31. The first-order valence-electron chi connectivity index (χ1n) is 7.17. The van der Waals surface area contributed by atoms with Gasteiger partial charge in [0, 0.05) is 5.02 Å². The van der Waals surface area contributed by atoms with Crippen LogP contribution in [-0.4, -0.2) is 0 Å². The lowest BCUT2D eigenvalue weighted by atomic mass is 9.89. The van der Waals surface area contributed by atoms with E-state index in [4.69, 9.17) is 23.2 Å². The monoisotopic (exact) mass is 304 g/mol. The molecule has 0 fully saturated rings. The SMILES string of the molecule is Cc1cc(C(Cl)c2ccc3c(c2)CCCC3)ccc1Cl. The molecule has 0 heterocycles. The van der Waals surface area contributed by atoms with E-state index in [2.05, 4.69) is 24.3 Å². The average Bonchev–Trinajstić information content (AvgIpc) is 2.49. The Balaban J connectivity index is 1.93. The molecular formula is C18H18Cl2. The van der Waals surface area contributed by atoms with Crippen LogP contribution in [0.25, 0.3) is 0 Å². The topological polar surface area (TPSA) is 0 Å². The molecule has 0 spiro atoms. The molecule has 0 radical (unpaired) electrons. The number of rotatable bonds is 2. The summed E-state index contributed by atoms with van der Waals surface area (Å²) in [6.07, 6.45) is 5.01. The second-order valence-electron chi connectivity index (χ2n) is 5.61. The maximum atomic E-state index is 6.66. The quantitative estimate of drug-likeness (QED) is 0.610. The van der Waals surface area contributed by atoms with E-state index in [0.29, 0.717) is 0 Å². The molecule has 1 atom stereocenters. The predicted molar refractivity (Wildman–Crippen MR) is 87.0 cm³/mol. The predicted octanol–water partition coefficient (Wildman–Crippen LogP) is 5.86. The summed E-state index contributed by atoms with van der Waals surface area (Å²) < 4.78 is 0. The number of fused-ring (bicyclic) bond motifs is 1. The largest absolute Gasteiger partial charge is 0.113 e. The van der Waals surface area contributed by atoms with E-state index < -0.39 is 0 Å². The number of halogens is 2. The van der Waals surface area contributed by atoms with E-state index in [9.17, 15) is 0 Å². The van der Waals surface area contributed by atoms with Gasteiger partial charge in [-0.05, 0) is 66.5 Å². The van der Waals surface area contributed by atoms with Gasteiger partial charge in [-0.1, -0.05) is 41.9 Å². The van der Waals surface area contributed by atoms with Gasteiger partial charge >= 0.3 is 0 Å². The van der Waals surface area contributed by atoms with Crippen LogP contribution in [0.5, 0.6) is 0 Å². The van der Waals surface area contributed by atoms with Gasteiger partial charge in [-0.3, -0.25) is 0 Å². The van der Waals surface area contributed by atoms with Crippen LogP contribution in [0.4, 0.5) is 0 Å². The number of hydrogen-bond acceptors (Lipinski definition) is 0. The standard InChI is InChI=1S/C18H18Cl2/c1-12-10-15(8-9-17(12)19)18(20)16-7-6-13-4-2-3-5-14(13)11-16/h6-11,18H,2-5H2,1H3. The van der Waals surface area contributed by atoms with Gasteiger partial charge in [-0.25, -0.2) is 0 Å². The van der Waals surface area contributed by atoms with Crippen molar-refractivity contribution in [2.75, 3.05) is 0 Å². The summed E-state index contributed by atoms with van der Waals surface area (Å²) in [5, 5.41) is 0.696. The average molecular weight is 305 g/mol. The van der Waals surface area contributed by atoms with Crippen molar-refractivity contribution in [3.63, 3.8) is 0 Å². The molecule has 0 N–H and O–H groups in total. The van der Waals surface area contributed by atoms with E-state index in [1.165, 1.54) is 42.4 Å². The summed E-state index contributed by atoms with van der Waals surface area (Å²) in [7, 11) is 0. The van der Waals surface area contributed by atoms with Crippen molar-refractivity contribution in [2.45, 2.75) is 38.0 Å². The third-order valence-corrected chi connectivity index (χ3v) is 5.07. The van der Waals surface area contributed by atoms with Gasteiger partial charge in [-0.15, -0.1) is 11.6 Å². The zero-order chi connectivity index (χ0) is 14.1. The zero-order valence-electron chi connectivity index (χ0n) is 11.6. The molecule has 3 rings (SSSR count). The van der Waals surface area contributed by atoms with Crippen LogP contribution in [0.1, 0.15) is 46.0 Å². The summed E-state index contributed by atoms with van der Waals surface area (Å²) in [5.74, 6) is 0. The Hall–Kier alpha value is -0.980. The van der Waals surface area contributed by atoms with Gasteiger partial charge in [0.15, 0.2) is 0 Å². The van der Waals surface area contributed by atoms with Crippen molar-refractivity contribution >= 4 is 23.2 Å². The minimum absolute atomic E-state index is 0.0989. The van der Waals surface area contributed by atoms with E-state index in [0.717, 1.165) is 16.1 Å². The van der Waals surface area contributed by atoms with Gasteiger partial charge in [0.25, 0.3) is 0 Å². The van der Waals surface area contributed by atoms with Crippen LogP contribution in [0.15, 0.2) is 36.4 Å². The molecule has 0 saturated heterocycles. The van der Waals surface area contributed by atoms with E-state index in [1.54, 1.807) is 0 Å². The van der Waals surface area contributed by atoms with Crippen LogP contribution < -0.4 is 0 Å². The Morgan fingerprint density at radius 2 is 1.55 bits per heavy atom. The van der Waals surface area contributed by atoms with Gasteiger partial charge in [-0.2, -0.15) is 0 Å². The first kappa shape index (κ1) is 14.0. The second kappa shape index (κ2) is 5.79.